The SMILES string of the molecule is C#C[C@@H](c1ccc(F)cc1)c1csc(NC(=O)NCCO)n1. The van der Waals surface area contributed by atoms with Gasteiger partial charge in [-0.15, -0.1) is 17.8 Å². The van der Waals surface area contributed by atoms with E-state index in [2.05, 4.69) is 21.5 Å². The lowest BCUT2D eigenvalue weighted by molar-refractivity contribution is 0.245. The third-order valence-corrected chi connectivity index (χ3v) is 3.58. The number of aliphatic hydroxyl groups excluding tert-OH is 1. The number of amides is 2. The maximum absolute atomic E-state index is 13.0. The van der Waals surface area contributed by atoms with Gasteiger partial charge in [0.15, 0.2) is 5.13 Å². The topological polar surface area (TPSA) is 74.2 Å². The van der Waals surface area contributed by atoms with Crippen LogP contribution in [0.1, 0.15) is 17.2 Å². The first-order valence-electron chi connectivity index (χ1n) is 6.46. The first-order chi connectivity index (χ1) is 10.6. The van der Waals surface area contributed by atoms with Gasteiger partial charge >= 0.3 is 6.03 Å². The smallest absolute Gasteiger partial charge is 0.321 e. The minimum atomic E-state index is -0.450. The molecule has 0 aliphatic rings. The quantitative estimate of drug-likeness (QED) is 0.739. The van der Waals surface area contributed by atoms with E-state index in [-0.39, 0.29) is 19.0 Å². The second-order valence-electron chi connectivity index (χ2n) is 4.33. The number of terminal acetylenes is 1. The highest BCUT2D eigenvalue weighted by molar-refractivity contribution is 7.13. The van der Waals surface area contributed by atoms with Crippen LogP contribution in [0.5, 0.6) is 0 Å². The van der Waals surface area contributed by atoms with E-state index in [4.69, 9.17) is 11.5 Å². The summed E-state index contributed by atoms with van der Waals surface area (Å²) in [4.78, 5) is 15.8. The van der Waals surface area contributed by atoms with Crippen molar-refractivity contribution in [1.29, 1.82) is 0 Å². The number of hydrogen-bond donors (Lipinski definition) is 3. The lowest BCUT2D eigenvalue weighted by Crippen LogP contribution is -2.30. The Morgan fingerprint density at radius 3 is 2.82 bits per heavy atom. The monoisotopic (exact) mass is 319 g/mol. The highest BCUT2D eigenvalue weighted by atomic mass is 32.1. The highest BCUT2D eigenvalue weighted by Gasteiger charge is 2.16. The molecule has 0 spiro atoms. The van der Waals surface area contributed by atoms with E-state index in [1.54, 1.807) is 17.5 Å². The van der Waals surface area contributed by atoms with Crippen LogP contribution in [0.15, 0.2) is 29.6 Å². The molecule has 5 nitrogen and oxygen atoms in total. The molecule has 0 aliphatic heterocycles. The van der Waals surface area contributed by atoms with E-state index in [0.717, 1.165) is 5.56 Å². The Bertz CT molecular complexity index is 679. The van der Waals surface area contributed by atoms with E-state index in [0.29, 0.717) is 10.8 Å². The summed E-state index contributed by atoms with van der Waals surface area (Å²) in [5.41, 5.74) is 1.36. The number of hydrogen-bond acceptors (Lipinski definition) is 4. The zero-order valence-corrected chi connectivity index (χ0v) is 12.4. The zero-order chi connectivity index (χ0) is 15.9. The number of halogens is 1. The maximum atomic E-state index is 13.0. The van der Waals surface area contributed by atoms with Gasteiger partial charge in [0.25, 0.3) is 0 Å². The van der Waals surface area contributed by atoms with E-state index >= 15 is 0 Å². The van der Waals surface area contributed by atoms with E-state index in [1.165, 1.54) is 23.5 Å². The van der Waals surface area contributed by atoms with E-state index in [1.807, 2.05) is 0 Å². The Balaban J connectivity index is 2.10. The second kappa shape index (κ2) is 7.54. The van der Waals surface area contributed by atoms with Crippen LogP contribution in [0.2, 0.25) is 0 Å². The number of nitrogens with zero attached hydrogens (tertiary/aromatic N) is 1. The predicted octanol–water partition coefficient (Wildman–Crippen LogP) is 2.16. The lowest BCUT2D eigenvalue weighted by Gasteiger charge is -2.08. The van der Waals surface area contributed by atoms with Gasteiger partial charge in [-0.05, 0) is 17.7 Å². The van der Waals surface area contributed by atoms with Crippen molar-refractivity contribution in [3.63, 3.8) is 0 Å². The molecule has 7 heteroatoms. The van der Waals surface area contributed by atoms with Crippen LogP contribution in [-0.2, 0) is 0 Å². The fourth-order valence-corrected chi connectivity index (χ4v) is 2.53. The summed E-state index contributed by atoms with van der Waals surface area (Å²) in [7, 11) is 0. The van der Waals surface area contributed by atoms with Gasteiger partial charge in [-0.3, -0.25) is 5.32 Å². The molecule has 1 aromatic carbocycles. The highest BCUT2D eigenvalue weighted by Crippen LogP contribution is 2.27. The summed E-state index contributed by atoms with van der Waals surface area (Å²) in [5.74, 6) is 1.87. The van der Waals surface area contributed by atoms with Crippen LogP contribution in [0.3, 0.4) is 0 Å². The number of carbonyl (C=O) groups excluding carboxylic acids is 1. The molecule has 2 aromatic rings. The molecular formula is C15H14FN3O2S. The molecule has 1 heterocycles. The summed E-state index contributed by atoms with van der Waals surface area (Å²) in [6.45, 7) is 0.0207. The molecule has 0 saturated heterocycles. The fourth-order valence-electron chi connectivity index (χ4n) is 1.79. The molecule has 0 bridgehead atoms. The number of anilines is 1. The number of urea groups is 1. The Kier molecular flexibility index (Phi) is 5.47. The van der Waals surface area contributed by atoms with Gasteiger partial charge in [-0.2, -0.15) is 0 Å². The molecule has 22 heavy (non-hydrogen) atoms. The standard InChI is InChI=1S/C15H14FN3O2S/c1-2-12(10-3-5-11(16)6-4-10)13-9-22-15(18-13)19-14(21)17-7-8-20/h1,3-6,9,12,20H,7-8H2,(H2,17,18,19,21)/t12-/m0/s1. The number of carbonyl (C=O) groups is 1. The molecule has 0 saturated carbocycles. The number of thiazole rings is 1. The van der Waals surface area contributed by atoms with Crippen molar-refractivity contribution in [2.24, 2.45) is 0 Å². The average molecular weight is 319 g/mol. The molecule has 2 rings (SSSR count). The number of rotatable bonds is 5. The van der Waals surface area contributed by atoms with Gasteiger partial charge in [0.2, 0.25) is 0 Å². The first-order valence-corrected chi connectivity index (χ1v) is 7.34. The van der Waals surface area contributed by atoms with E-state index < -0.39 is 11.9 Å². The Morgan fingerprint density at radius 1 is 1.45 bits per heavy atom. The number of benzene rings is 1. The molecule has 0 aliphatic carbocycles. The van der Waals surface area contributed by atoms with Crippen molar-refractivity contribution < 1.29 is 14.3 Å². The van der Waals surface area contributed by atoms with Gasteiger partial charge in [-0.1, -0.05) is 18.1 Å². The summed E-state index contributed by atoms with van der Waals surface area (Å²) in [6.07, 6.45) is 5.54. The Labute approximate surface area is 131 Å². The van der Waals surface area contributed by atoms with Gasteiger partial charge in [0.1, 0.15) is 5.82 Å². The second-order valence-corrected chi connectivity index (χ2v) is 5.19. The maximum Gasteiger partial charge on any atom is 0.321 e. The first kappa shape index (κ1) is 15.9. The molecule has 3 N–H and O–H groups in total. The molecule has 0 unspecified atom stereocenters. The molecule has 1 aromatic heterocycles. The summed E-state index contributed by atoms with van der Waals surface area (Å²) >= 11 is 1.24. The van der Waals surface area contributed by atoms with E-state index in [9.17, 15) is 9.18 Å². The zero-order valence-electron chi connectivity index (χ0n) is 11.5. The normalized spacial score (nSPS) is 11.5. The van der Waals surface area contributed by atoms with Crippen LogP contribution < -0.4 is 10.6 Å². The fraction of sp³-hybridized carbons (Fsp3) is 0.200. The van der Waals surface area contributed by atoms with Crippen LogP contribution in [0, 0.1) is 18.2 Å². The van der Waals surface area contributed by atoms with Gasteiger partial charge in [-0.25, -0.2) is 14.2 Å². The third kappa shape index (κ3) is 4.04. The van der Waals surface area contributed by atoms with Crippen LogP contribution in [-0.4, -0.2) is 29.3 Å². The summed E-state index contributed by atoms with van der Waals surface area (Å²) < 4.78 is 13.0. The van der Waals surface area contributed by atoms with Crippen molar-refractivity contribution in [3.05, 3.63) is 46.7 Å². The van der Waals surface area contributed by atoms with Gasteiger partial charge < -0.3 is 10.4 Å². The average Bonchev–Trinajstić information content (AvgIpc) is 2.96. The van der Waals surface area contributed by atoms with Crippen molar-refractivity contribution in [2.45, 2.75) is 5.92 Å². The number of nitrogens with one attached hydrogen (secondary N) is 2. The third-order valence-electron chi connectivity index (χ3n) is 2.81. The number of aromatic nitrogens is 1. The minimum Gasteiger partial charge on any atom is -0.395 e. The van der Waals surface area contributed by atoms with Gasteiger partial charge in [0.05, 0.1) is 18.2 Å². The Hall–Kier alpha value is -2.43. The molecular weight excluding hydrogens is 305 g/mol. The Morgan fingerprint density at radius 2 is 2.18 bits per heavy atom. The van der Waals surface area contributed by atoms with Gasteiger partial charge in [0, 0.05) is 11.9 Å². The molecule has 1 atom stereocenters. The van der Waals surface area contributed by atoms with Crippen LogP contribution in [0.4, 0.5) is 14.3 Å². The molecule has 114 valence electrons. The minimum absolute atomic E-state index is 0.139. The van der Waals surface area contributed by atoms with Crippen molar-refractivity contribution >= 4 is 22.5 Å². The van der Waals surface area contributed by atoms with Crippen molar-refractivity contribution in [1.82, 2.24) is 10.3 Å². The summed E-state index contributed by atoms with van der Waals surface area (Å²) in [6, 6.07) is 5.45. The summed E-state index contributed by atoms with van der Waals surface area (Å²) in [5, 5.41) is 15.8. The van der Waals surface area contributed by atoms with Crippen molar-refractivity contribution in [2.75, 3.05) is 18.5 Å². The molecule has 2 amide bonds. The lowest BCUT2D eigenvalue weighted by atomic mass is 9.97. The number of aliphatic hydroxyl groups is 1. The van der Waals surface area contributed by atoms with Crippen molar-refractivity contribution in [3.8, 4) is 12.3 Å². The molecule has 0 radical (unpaired) electrons. The predicted molar refractivity (Wildman–Crippen MR) is 83.3 cm³/mol. The van der Waals surface area contributed by atoms with Crippen LogP contribution >= 0.6 is 11.3 Å². The largest absolute Gasteiger partial charge is 0.395 e. The van der Waals surface area contributed by atoms with Crippen LogP contribution in [0.25, 0.3) is 0 Å². The molecule has 0 fully saturated rings.